The van der Waals surface area contributed by atoms with Crippen molar-refractivity contribution in [2.45, 2.75) is 19.3 Å². The zero-order valence-electron chi connectivity index (χ0n) is 11.8. The van der Waals surface area contributed by atoms with Gasteiger partial charge >= 0.3 is 0 Å². The summed E-state index contributed by atoms with van der Waals surface area (Å²) in [5.74, 6) is -0.691. The van der Waals surface area contributed by atoms with E-state index in [1.807, 2.05) is 0 Å². The van der Waals surface area contributed by atoms with Crippen molar-refractivity contribution in [3.63, 3.8) is 0 Å². The predicted molar refractivity (Wildman–Crippen MR) is 77.9 cm³/mol. The molecule has 21 heavy (non-hydrogen) atoms. The molecule has 0 radical (unpaired) electrons. The highest BCUT2D eigenvalue weighted by Gasteiger charge is 2.31. The van der Waals surface area contributed by atoms with Crippen molar-refractivity contribution in [3.05, 3.63) is 30.1 Å². The van der Waals surface area contributed by atoms with Crippen molar-refractivity contribution in [2.75, 3.05) is 18.4 Å². The van der Waals surface area contributed by atoms with Crippen molar-refractivity contribution >= 4 is 17.5 Å². The molecule has 0 unspecified atom stereocenters. The summed E-state index contributed by atoms with van der Waals surface area (Å²) in [5.41, 5.74) is 6.14. The number of halogens is 1. The predicted octanol–water partition coefficient (Wildman–Crippen LogP) is 1.26. The minimum Gasteiger partial charge on any atom is -0.347 e. The van der Waals surface area contributed by atoms with Crippen molar-refractivity contribution in [2.24, 2.45) is 17.6 Å². The molecule has 1 aliphatic carbocycles. The molecule has 1 aromatic rings. The van der Waals surface area contributed by atoms with Gasteiger partial charge in [0.1, 0.15) is 5.82 Å². The summed E-state index contributed by atoms with van der Waals surface area (Å²) in [5, 5.41) is 5.23. The number of hydrogen-bond donors (Lipinski definition) is 3. The Hall–Kier alpha value is -1.95. The Balaban J connectivity index is 1.78. The summed E-state index contributed by atoms with van der Waals surface area (Å²) < 4.78 is 12.7. The van der Waals surface area contributed by atoms with E-state index in [-0.39, 0.29) is 36.0 Å². The van der Waals surface area contributed by atoms with Gasteiger partial charge < -0.3 is 16.4 Å². The van der Waals surface area contributed by atoms with E-state index in [1.54, 1.807) is 0 Å². The Morgan fingerprint density at radius 3 is 2.62 bits per heavy atom. The SMILES string of the molecule is NC[C@H]1CCC[C@H]1C(=O)NCC(=O)Nc1ccc(F)cc1. The summed E-state index contributed by atoms with van der Waals surface area (Å²) in [6.07, 6.45) is 2.80. The van der Waals surface area contributed by atoms with Crippen LogP contribution in [0, 0.1) is 17.7 Å². The maximum absolute atomic E-state index is 12.7. The number of rotatable bonds is 5. The molecule has 0 aliphatic heterocycles. The van der Waals surface area contributed by atoms with Crippen molar-refractivity contribution < 1.29 is 14.0 Å². The molecule has 1 aliphatic rings. The summed E-state index contributed by atoms with van der Waals surface area (Å²) in [6, 6.07) is 5.46. The van der Waals surface area contributed by atoms with E-state index in [1.165, 1.54) is 24.3 Å². The number of nitrogens with two attached hydrogens (primary N) is 1. The second-order valence-electron chi connectivity index (χ2n) is 5.31. The molecule has 1 saturated carbocycles. The van der Waals surface area contributed by atoms with E-state index in [4.69, 9.17) is 5.73 Å². The number of hydrogen-bond acceptors (Lipinski definition) is 3. The minimum absolute atomic E-state index is 0.0892. The Morgan fingerprint density at radius 2 is 1.95 bits per heavy atom. The topological polar surface area (TPSA) is 84.2 Å². The van der Waals surface area contributed by atoms with Gasteiger partial charge in [-0.25, -0.2) is 4.39 Å². The highest BCUT2D eigenvalue weighted by atomic mass is 19.1. The van der Waals surface area contributed by atoms with Crippen LogP contribution in [0.25, 0.3) is 0 Å². The standard InChI is InChI=1S/C15H20FN3O2/c16-11-4-6-12(7-5-11)19-14(20)9-18-15(21)13-3-1-2-10(13)8-17/h4-7,10,13H,1-3,8-9,17H2,(H,18,21)(H,19,20)/t10-,13-/m1/s1. The Morgan fingerprint density at radius 1 is 1.24 bits per heavy atom. The van der Waals surface area contributed by atoms with Gasteiger partial charge in [-0.05, 0) is 49.6 Å². The molecule has 0 aromatic heterocycles. The molecular formula is C15H20FN3O2. The first-order valence-electron chi connectivity index (χ1n) is 7.13. The van der Waals surface area contributed by atoms with Crippen molar-refractivity contribution in [1.82, 2.24) is 5.32 Å². The lowest BCUT2D eigenvalue weighted by molar-refractivity contribution is -0.128. The number of anilines is 1. The van der Waals surface area contributed by atoms with Crippen molar-refractivity contribution in [1.29, 1.82) is 0 Å². The third-order valence-electron chi connectivity index (χ3n) is 3.85. The third kappa shape index (κ3) is 4.26. The molecule has 6 heteroatoms. The van der Waals surface area contributed by atoms with Crippen LogP contribution in [-0.2, 0) is 9.59 Å². The van der Waals surface area contributed by atoms with E-state index < -0.39 is 0 Å². The molecule has 0 bridgehead atoms. The molecule has 4 N–H and O–H groups in total. The summed E-state index contributed by atoms with van der Waals surface area (Å²) in [6.45, 7) is 0.407. The second kappa shape index (κ2) is 7.17. The Bertz CT molecular complexity index is 504. The van der Waals surface area contributed by atoms with Gasteiger partial charge in [-0.1, -0.05) is 6.42 Å². The summed E-state index contributed by atoms with van der Waals surface area (Å²) in [7, 11) is 0. The fourth-order valence-electron chi connectivity index (χ4n) is 2.70. The molecule has 1 aromatic carbocycles. The monoisotopic (exact) mass is 293 g/mol. The largest absolute Gasteiger partial charge is 0.347 e. The molecule has 0 heterocycles. The number of carbonyl (C=O) groups is 2. The number of nitrogens with one attached hydrogen (secondary N) is 2. The fraction of sp³-hybridized carbons (Fsp3) is 0.467. The lowest BCUT2D eigenvalue weighted by atomic mass is 9.95. The van der Waals surface area contributed by atoms with Crippen LogP contribution in [-0.4, -0.2) is 24.9 Å². The molecule has 2 rings (SSSR count). The Labute approximate surface area is 123 Å². The van der Waals surface area contributed by atoms with Gasteiger partial charge in [0.15, 0.2) is 0 Å². The molecule has 0 spiro atoms. The quantitative estimate of drug-likeness (QED) is 0.764. The molecule has 0 saturated heterocycles. The fourth-order valence-corrected chi connectivity index (χ4v) is 2.70. The van der Waals surface area contributed by atoms with E-state index in [0.717, 1.165) is 19.3 Å². The van der Waals surface area contributed by atoms with Crippen LogP contribution in [0.2, 0.25) is 0 Å². The minimum atomic E-state index is -0.365. The van der Waals surface area contributed by atoms with Crippen LogP contribution in [0.15, 0.2) is 24.3 Å². The van der Waals surface area contributed by atoms with Crippen LogP contribution in [0.4, 0.5) is 10.1 Å². The lowest BCUT2D eigenvalue weighted by Crippen LogP contribution is -2.39. The highest BCUT2D eigenvalue weighted by molar-refractivity contribution is 5.94. The summed E-state index contributed by atoms with van der Waals surface area (Å²) in [4.78, 5) is 23.7. The molecule has 114 valence electrons. The molecule has 2 amide bonds. The van der Waals surface area contributed by atoms with Gasteiger partial charge in [0.2, 0.25) is 11.8 Å². The van der Waals surface area contributed by atoms with E-state index in [9.17, 15) is 14.0 Å². The lowest BCUT2D eigenvalue weighted by Gasteiger charge is -2.17. The molecule has 2 atom stereocenters. The van der Waals surface area contributed by atoms with Gasteiger partial charge in [-0.15, -0.1) is 0 Å². The maximum atomic E-state index is 12.7. The highest BCUT2D eigenvalue weighted by Crippen LogP contribution is 2.30. The van der Waals surface area contributed by atoms with Gasteiger partial charge in [-0.2, -0.15) is 0 Å². The van der Waals surface area contributed by atoms with Crippen LogP contribution in [0.3, 0.4) is 0 Å². The van der Waals surface area contributed by atoms with E-state index in [2.05, 4.69) is 10.6 Å². The average molecular weight is 293 g/mol. The number of amides is 2. The Kier molecular flexibility index (Phi) is 5.27. The maximum Gasteiger partial charge on any atom is 0.243 e. The van der Waals surface area contributed by atoms with Crippen LogP contribution >= 0.6 is 0 Å². The average Bonchev–Trinajstić information content (AvgIpc) is 2.96. The first-order chi connectivity index (χ1) is 10.1. The third-order valence-corrected chi connectivity index (χ3v) is 3.85. The first kappa shape index (κ1) is 15.4. The van der Waals surface area contributed by atoms with E-state index in [0.29, 0.717) is 12.2 Å². The summed E-state index contributed by atoms with van der Waals surface area (Å²) >= 11 is 0. The van der Waals surface area contributed by atoms with Crippen LogP contribution in [0.5, 0.6) is 0 Å². The van der Waals surface area contributed by atoms with Gasteiger partial charge in [0, 0.05) is 11.6 Å². The van der Waals surface area contributed by atoms with Gasteiger partial charge in [-0.3, -0.25) is 9.59 Å². The number of carbonyl (C=O) groups excluding carboxylic acids is 2. The van der Waals surface area contributed by atoms with Crippen LogP contribution in [0.1, 0.15) is 19.3 Å². The first-order valence-corrected chi connectivity index (χ1v) is 7.13. The van der Waals surface area contributed by atoms with Gasteiger partial charge in [0.25, 0.3) is 0 Å². The van der Waals surface area contributed by atoms with E-state index >= 15 is 0 Å². The van der Waals surface area contributed by atoms with Gasteiger partial charge in [0.05, 0.1) is 6.54 Å². The van der Waals surface area contributed by atoms with Crippen molar-refractivity contribution in [3.8, 4) is 0 Å². The second-order valence-corrected chi connectivity index (χ2v) is 5.31. The zero-order chi connectivity index (χ0) is 15.2. The smallest absolute Gasteiger partial charge is 0.243 e. The molecule has 1 fully saturated rings. The molecular weight excluding hydrogens is 273 g/mol. The number of benzene rings is 1. The van der Waals surface area contributed by atoms with Crippen LogP contribution < -0.4 is 16.4 Å². The molecule has 5 nitrogen and oxygen atoms in total. The normalized spacial score (nSPS) is 21.0. The zero-order valence-corrected chi connectivity index (χ0v) is 11.8.